The number of hydrogen-bond acceptors (Lipinski definition) is 7. The molecule has 1 aromatic carbocycles. The number of methoxy groups -OCH3 is 1. The summed E-state index contributed by atoms with van der Waals surface area (Å²) in [4.78, 5) is 30.0. The van der Waals surface area contributed by atoms with E-state index in [2.05, 4.69) is 4.90 Å². The molecule has 0 saturated heterocycles. The molecular weight excluding hydrogens is 424 g/mol. The van der Waals surface area contributed by atoms with Crippen molar-refractivity contribution >= 4 is 11.7 Å². The molecule has 178 valence electrons. The fraction of sp³-hybridized carbons (Fsp3) is 0.440. The summed E-state index contributed by atoms with van der Waals surface area (Å²) >= 11 is 0. The highest BCUT2D eigenvalue weighted by Crippen LogP contribution is 2.41. The summed E-state index contributed by atoms with van der Waals surface area (Å²) in [5, 5.41) is 10.8. The van der Waals surface area contributed by atoms with E-state index in [4.69, 9.17) is 13.9 Å². The topological polar surface area (TPSA) is 92.5 Å². The second-order valence-electron chi connectivity index (χ2n) is 7.76. The fourth-order valence-electron chi connectivity index (χ4n) is 3.98. The molecule has 1 N–H and O–H groups in total. The Labute approximate surface area is 194 Å². The molecule has 1 atom stereocenters. The minimum atomic E-state index is -0.778. The minimum Gasteiger partial charge on any atom is -0.503 e. The maximum absolute atomic E-state index is 13.2. The molecule has 1 aliphatic heterocycles. The Morgan fingerprint density at radius 3 is 2.55 bits per heavy atom. The van der Waals surface area contributed by atoms with Crippen molar-refractivity contribution in [3.63, 3.8) is 0 Å². The van der Waals surface area contributed by atoms with Gasteiger partial charge in [-0.05, 0) is 49.3 Å². The van der Waals surface area contributed by atoms with Crippen LogP contribution in [0.5, 0.6) is 11.5 Å². The Bertz CT molecular complexity index is 994. The number of hydrogen-bond donors (Lipinski definition) is 1. The molecule has 0 spiro atoms. The summed E-state index contributed by atoms with van der Waals surface area (Å²) in [6.45, 7) is 9.27. The zero-order chi connectivity index (χ0) is 24.0. The van der Waals surface area contributed by atoms with Crippen LogP contribution in [-0.4, -0.2) is 66.5 Å². The number of Topliss-reactive ketones (excluding diaryl/α,β-unsaturated/α-hetero) is 1. The summed E-state index contributed by atoms with van der Waals surface area (Å²) in [5.74, 6) is -0.512. The van der Waals surface area contributed by atoms with Crippen molar-refractivity contribution in [1.82, 2.24) is 9.80 Å². The molecule has 8 nitrogen and oxygen atoms in total. The van der Waals surface area contributed by atoms with Gasteiger partial charge in [0.1, 0.15) is 0 Å². The second-order valence-corrected chi connectivity index (χ2v) is 7.76. The van der Waals surface area contributed by atoms with Gasteiger partial charge in [-0.15, -0.1) is 0 Å². The SMILES string of the molecule is CCCOc1ccc([C@@H]2C(C(=O)c3ccco3)=C(O)C(=O)N2CCN(CC)CC)cc1OC. The van der Waals surface area contributed by atoms with Crippen molar-refractivity contribution in [3.05, 3.63) is 59.3 Å². The van der Waals surface area contributed by atoms with Crippen LogP contribution in [0.15, 0.2) is 52.3 Å². The lowest BCUT2D eigenvalue weighted by Crippen LogP contribution is -2.38. The molecule has 0 saturated carbocycles. The summed E-state index contributed by atoms with van der Waals surface area (Å²) in [6, 6.07) is 7.65. The average molecular weight is 457 g/mol. The van der Waals surface area contributed by atoms with Gasteiger partial charge in [-0.1, -0.05) is 26.8 Å². The first-order valence-corrected chi connectivity index (χ1v) is 11.3. The number of carbonyl (C=O) groups excluding carboxylic acids is 2. The number of carbonyl (C=O) groups is 2. The van der Waals surface area contributed by atoms with E-state index >= 15 is 0 Å². The molecule has 0 fully saturated rings. The highest BCUT2D eigenvalue weighted by molar-refractivity contribution is 6.15. The first-order chi connectivity index (χ1) is 16.0. The van der Waals surface area contributed by atoms with Gasteiger partial charge in [-0.25, -0.2) is 0 Å². The third kappa shape index (κ3) is 5.06. The maximum atomic E-state index is 13.2. The van der Waals surface area contributed by atoms with Gasteiger partial charge in [0, 0.05) is 13.1 Å². The van der Waals surface area contributed by atoms with Gasteiger partial charge >= 0.3 is 0 Å². The highest BCUT2D eigenvalue weighted by atomic mass is 16.5. The number of aliphatic hydroxyl groups is 1. The number of nitrogens with zero attached hydrogens (tertiary/aromatic N) is 2. The standard InChI is InChI=1S/C25H32N2O6/c1-5-14-32-18-11-10-17(16-20(18)31-4)22-21(23(28)19-9-8-15-33-19)24(29)25(30)27(22)13-12-26(6-2)7-3/h8-11,15-16,22,29H,5-7,12-14H2,1-4H3/t22-/m1/s1. The summed E-state index contributed by atoms with van der Waals surface area (Å²) < 4.78 is 16.5. The number of ether oxygens (including phenoxy) is 2. The predicted molar refractivity (Wildman–Crippen MR) is 124 cm³/mol. The van der Waals surface area contributed by atoms with E-state index in [1.165, 1.54) is 24.3 Å². The molecule has 0 radical (unpaired) electrons. The number of amides is 1. The van der Waals surface area contributed by atoms with Crippen LogP contribution >= 0.6 is 0 Å². The Morgan fingerprint density at radius 2 is 1.94 bits per heavy atom. The maximum Gasteiger partial charge on any atom is 0.290 e. The van der Waals surface area contributed by atoms with Crippen LogP contribution in [-0.2, 0) is 4.79 Å². The quantitative estimate of drug-likeness (QED) is 0.483. The first-order valence-electron chi connectivity index (χ1n) is 11.3. The van der Waals surface area contributed by atoms with Crippen molar-refractivity contribution in [1.29, 1.82) is 0 Å². The first kappa shape index (κ1) is 24.4. The van der Waals surface area contributed by atoms with Crippen LogP contribution in [0.3, 0.4) is 0 Å². The van der Waals surface area contributed by atoms with Gasteiger partial charge in [-0.2, -0.15) is 0 Å². The van der Waals surface area contributed by atoms with Crippen LogP contribution in [0, 0.1) is 0 Å². The van der Waals surface area contributed by atoms with Gasteiger partial charge in [0.05, 0.1) is 31.6 Å². The van der Waals surface area contributed by atoms with Crippen molar-refractivity contribution < 1.29 is 28.6 Å². The van der Waals surface area contributed by atoms with Gasteiger partial charge < -0.3 is 28.8 Å². The van der Waals surface area contributed by atoms with E-state index in [-0.39, 0.29) is 11.3 Å². The number of likely N-dealkylation sites (N-methyl/N-ethyl adjacent to an activating group) is 1. The van der Waals surface area contributed by atoms with Crippen LogP contribution in [0.1, 0.15) is 49.4 Å². The highest BCUT2D eigenvalue weighted by Gasteiger charge is 2.44. The molecule has 0 bridgehead atoms. The number of rotatable bonds is 12. The zero-order valence-electron chi connectivity index (χ0n) is 19.7. The monoisotopic (exact) mass is 456 g/mol. The fourth-order valence-corrected chi connectivity index (χ4v) is 3.98. The molecule has 0 unspecified atom stereocenters. The number of furan rings is 1. The van der Waals surface area contributed by atoms with E-state index in [0.717, 1.165) is 19.5 Å². The normalized spacial score (nSPS) is 16.1. The van der Waals surface area contributed by atoms with Gasteiger partial charge in [0.15, 0.2) is 23.0 Å². The van der Waals surface area contributed by atoms with E-state index in [9.17, 15) is 14.7 Å². The lowest BCUT2D eigenvalue weighted by molar-refractivity contribution is -0.129. The van der Waals surface area contributed by atoms with E-state index in [1.54, 1.807) is 24.3 Å². The van der Waals surface area contributed by atoms with Gasteiger partial charge in [0.2, 0.25) is 5.78 Å². The third-order valence-electron chi connectivity index (χ3n) is 5.81. The smallest absolute Gasteiger partial charge is 0.290 e. The molecular formula is C25H32N2O6. The molecule has 0 aliphatic carbocycles. The number of aliphatic hydroxyl groups excluding tert-OH is 1. The van der Waals surface area contributed by atoms with Crippen LogP contribution in [0.25, 0.3) is 0 Å². The molecule has 8 heteroatoms. The van der Waals surface area contributed by atoms with E-state index in [1.807, 2.05) is 20.8 Å². The van der Waals surface area contributed by atoms with Crippen LogP contribution < -0.4 is 9.47 Å². The number of benzene rings is 1. The molecule has 1 aliphatic rings. The lowest BCUT2D eigenvalue weighted by atomic mass is 9.94. The Hall–Kier alpha value is -3.26. The molecule has 1 amide bonds. The van der Waals surface area contributed by atoms with Crippen LogP contribution in [0.2, 0.25) is 0 Å². The van der Waals surface area contributed by atoms with E-state index in [0.29, 0.717) is 36.8 Å². The largest absolute Gasteiger partial charge is 0.503 e. The molecule has 3 rings (SSSR count). The summed E-state index contributed by atoms with van der Waals surface area (Å²) in [5.41, 5.74) is 0.640. The molecule has 2 heterocycles. The Kier molecular flexibility index (Phi) is 8.16. The Balaban J connectivity index is 2.04. The summed E-state index contributed by atoms with van der Waals surface area (Å²) in [6.07, 6.45) is 2.23. The van der Waals surface area contributed by atoms with Gasteiger partial charge in [0.25, 0.3) is 5.91 Å². The van der Waals surface area contributed by atoms with E-state index < -0.39 is 23.5 Å². The van der Waals surface area contributed by atoms with Crippen molar-refractivity contribution in [2.45, 2.75) is 33.2 Å². The Morgan fingerprint density at radius 1 is 1.18 bits per heavy atom. The average Bonchev–Trinajstić information content (AvgIpc) is 3.46. The molecule has 1 aromatic heterocycles. The molecule has 2 aromatic rings. The van der Waals surface area contributed by atoms with Gasteiger partial charge in [-0.3, -0.25) is 9.59 Å². The minimum absolute atomic E-state index is 0.00113. The van der Waals surface area contributed by atoms with Crippen molar-refractivity contribution in [2.24, 2.45) is 0 Å². The lowest BCUT2D eigenvalue weighted by Gasteiger charge is -2.29. The van der Waals surface area contributed by atoms with Crippen molar-refractivity contribution in [2.75, 3.05) is 39.9 Å². The zero-order valence-corrected chi connectivity index (χ0v) is 19.7. The third-order valence-corrected chi connectivity index (χ3v) is 5.81. The predicted octanol–water partition coefficient (Wildman–Crippen LogP) is 4.00. The summed E-state index contributed by atoms with van der Waals surface area (Å²) in [7, 11) is 1.54. The van der Waals surface area contributed by atoms with Crippen LogP contribution in [0.4, 0.5) is 0 Å². The number of ketones is 1. The van der Waals surface area contributed by atoms with Crippen molar-refractivity contribution in [3.8, 4) is 11.5 Å². The molecule has 33 heavy (non-hydrogen) atoms. The second kappa shape index (κ2) is 11.0.